The van der Waals surface area contributed by atoms with Crippen LogP contribution in [0, 0.1) is 5.92 Å². The van der Waals surface area contributed by atoms with Crippen molar-refractivity contribution in [3.05, 3.63) is 0 Å². The fourth-order valence-corrected chi connectivity index (χ4v) is 2.36. The molecular weight excluding hydrogens is 204 g/mol. The van der Waals surface area contributed by atoms with Crippen LogP contribution in [0.2, 0.25) is 0 Å². The Morgan fingerprint density at radius 2 is 2.19 bits per heavy atom. The van der Waals surface area contributed by atoms with Crippen LogP contribution in [0.4, 0.5) is 0 Å². The SMILES string of the molecule is COCC(CNCC1CCCC(N)C1)OC. The molecule has 0 saturated heterocycles. The van der Waals surface area contributed by atoms with E-state index in [4.69, 9.17) is 15.2 Å². The van der Waals surface area contributed by atoms with Gasteiger partial charge < -0.3 is 20.5 Å². The van der Waals surface area contributed by atoms with Gasteiger partial charge in [0, 0.05) is 26.8 Å². The maximum absolute atomic E-state index is 5.96. The highest BCUT2D eigenvalue weighted by Gasteiger charge is 2.19. The molecule has 1 saturated carbocycles. The van der Waals surface area contributed by atoms with E-state index >= 15 is 0 Å². The first-order valence-corrected chi connectivity index (χ1v) is 6.24. The minimum Gasteiger partial charge on any atom is -0.382 e. The Morgan fingerprint density at radius 1 is 1.38 bits per heavy atom. The summed E-state index contributed by atoms with van der Waals surface area (Å²) < 4.78 is 10.4. The molecule has 96 valence electrons. The van der Waals surface area contributed by atoms with E-state index in [1.165, 1.54) is 19.3 Å². The molecule has 1 aliphatic rings. The Morgan fingerprint density at radius 3 is 2.81 bits per heavy atom. The maximum Gasteiger partial charge on any atom is 0.0928 e. The zero-order chi connectivity index (χ0) is 11.8. The molecule has 0 radical (unpaired) electrons. The number of nitrogens with two attached hydrogens (primary N) is 1. The van der Waals surface area contributed by atoms with Crippen molar-refractivity contribution in [1.82, 2.24) is 5.32 Å². The summed E-state index contributed by atoms with van der Waals surface area (Å²) in [4.78, 5) is 0. The fourth-order valence-electron chi connectivity index (χ4n) is 2.36. The van der Waals surface area contributed by atoms with Crippen molar-refractivity contribution in [3.63, 3.8) is 0 Å². The molecule has 0 amide bonds. The zero-order valence-electron chi connectivity index (χ0n) is 10.6. The molecule has 1 fully saturated rings. The molecule has 0 spiro atoms. The van der Waals surface area contributed by atoms with Gasteiger partial charge in [-0.3, -0.25) is 0 Å². The van der Waals surface area contributed by atoms with Gasteiger partial charge in [-0.05, 0) is 31.7 Å². The lowest BCUT2D eigenvalue weighted by atomic mass is 9.86. The minimum atomic E-state index is 0.155. The molecule has 1 rings (SSSR count). The third kappa shape index (κ3) is 5.25. The summed E-state index contributed by atoms with van der Waals surface area (Å²) in [5.74, 6) is 0.740. The van der Waals surface area contributed by atoms with Crippen LogP contribution in [0.3, 0.4) is 0 Å². The van der Waals surface area contributed by atoms with Gasteiger partial charge in [0.1, 0.15) is 0 Å². The van der Waals surface area contributed by atoms with Gasteiger partial charge in [0.2, 0.25) is 0 Å². The fraction of sp³-hybridized carbons (Fsp3) is 1.00. The second-order valence-corrected chi connectivity index (χ2v) is 4.76. The van der Waals surface area contributed by atoms with Crippen molar-refractivity contribution < 1.29 is 9.47 Å². The molecule has 0 heterocycles. The van der Waals surface area contributed by atoms with E-state index in [1.807, 2.05) is 0 Å². The lowest BCUT2D eigenvalue weighted by Gasteiger charge is -2.27. The molecule has 0 aliphatic heterocycles. The second-order valence-electron chi connectivity index (χ2n) is 4.76. The predicted octanol–water partition coefficient (Wildman–Crippen LogP) is 0.755. The maximum atomic E-state index is 5.96. The van der Waals surface area contributed by atoms with E-state index in [0.717, 1.165) is 25.4 Å². The summed E-state index contributed by atoms with van der Waals surface area (Å²) in [5, 5.41) is 3.45. The number of methoxy groups -OCH3 is 2. The van der Waals surface area contributed by atoms with Crippen LogP contribution in [-0.2, 0) is 9.47 Å². The largest absolute Gasteiger partial charge is 0.382 e. The highest BCUT2D eigenvalue weighted by atomic mass is 16.5. The topological polar surface area (TPSA) is 56.5 Å². The van der Waals surface area contributed by atoms with Gasteiger partial charge in [-0.15, -0.1) is 0 Å². The van der Waals surface area contributed by atoms with E-state index in [9.17, 15) is 0 Å². The normalized spacial score (nSPS) is 27.9. The van der Waals surface area contributed by atoms with E-state index in [2.05, 4.69) is 5.32 Å². The summed E-state index contributed by atoms with van der Waals surface area (Å²) in [7, 11) is 3.42. The first-order chi connectivity index (χ1) is 7.76. The van der Waals surface area contributed by atoms with E-state index < -0.39 is 0 Å². The quantitative estimate of drug-likeness (QED) is 0.678. The zero-order valence-corrected chi connectivity index (χ0v) is 10.6. The number of hydrogen-bond donors (Lipinski definition) is 2. The Bertz CT molecular complexity index is 178. The number of rotatable bonds is 7. The van der Waals surface area contributed by atoms with Gasteiger partial charge >= 0.3 is 0 Å². The number of ether oxygens (including phenoxy) is 2. The predicted molar refractivity (Wildman–Crippen MR) is 65.5 cm³/mol. The van der Waals surface area contributed by atoms with Gasteiger partial charge in [-0.1, -0.05) is 6.42 Å². The highest BCUT2D eigenvalue weighted by molar-refractivity contribution is 4.76. The minimum absolute atomic E-state index is 0.155. The van der Waals surface area contributed by atoms with Crippen LogP contribution in [0.5, 0.6) is 0 Å². The van der Waals surface area contributed by atoms with Crippen LogP contribution in [-0.4, -0.2) is 46.1 Å². The van der Waals surface area contributed by atoms with Crippen LogP contribution in [0.15, 0.2) is 0 Å². The average Bonchev–Trinajstić information content (AvgIpc) is 2.28. The summed E-state index contributed by atoms with van der Waals surface area (Å²) in [6, 6.07) is 0.415. The molecule has 0 aromatic carbocycles. The molecule has 1 aliphatic carbocycles. The van der Waals surface area contributed by atoms with Crippen molar-refractivity contribution in [2.24, 2.45) is 11.7 Å². The van der Waals surface area contributed by atoms with Gasteiger partial charge in [0.25, 0.3) is 0 Å². The molecule has 0 aromatic rings. The van der Waals surface area contributed by atoms with Crippen molar-refractivity contribution in [2.45, 2.75) is 37.8 Å². The van der Waals surface area contributed by atoms with E-state index in [0.29, 0.717) is 12.6 Å². The first kappa shape index (κ1) is 13.9. The third-order valence-corrected chi connectivity index (χ3v) is 3.31. The molecule has 4 heteroatoms. The van der Waals surface area contributed by atoms with Crippen molar-refractivity contribution >= 4 is 0 Å². The van der Waals surface area contributed by atoms with Crippen molar-refractivity contribution in [1.29, 1.82) is 0 Å². The standard InChI is InChI=1S/C12H26N2O2/c1-15-9-12(16-2)8-14-7-10-4-3-5-11(13)6-10/h10-12,14H,3-9,13H2,1-2H3. The molecule has 4 nitrogen and oxygen atoms in total. The van der Waals surface area contributed by atoms with Gasteiger partial charge in [0.05, 0.1) is 12.7 Å². The Kier molecular flexibility index (Phi) is 6.96. The number of nitrogens with one attached hydrogen (secondary N) is 1. The first-order valence-electron chi connectivity index (χ1n) is 6.24. The molecule has 3 N–H and O–H groups in total. The Hall–Kier alpha value is -0.160. The van der Waals surface area contributed by atoms with Gasteiger partial charge in [-0.2, -0.15) is 0 Å². The lowest BCUT2D eigenvalue weighted by molar-refractivity contribution is 0.0282. The Labute approximate surface area is 98.9 Å². The summed E-state index contributed by atoms with van der Waals surface area (Å²) >= 11 is 0. The monoisotopic (exact) mass is 230 g/mol. The molecule has 3 unspecified atom stereocenters. The summed E-state index contributed by atoms with van der Waals surface area (Å²) in [6.07, 6.45) is 5.10. The number of hydrogen-bond acceptors (Lipinski definition) is 4. The van der Waals surface area contributed by atoms with Crippen LogP contribution < -0.4 is 11.1 Å². The highest BCUT2D eigenvalue weighted by Crippen LogP contribution is 2.22. The van der Waals surface area contributed by atoms with Gasteiger partial charge in [0.15, 0.2) is 0 Å². The van der Waals surface area contributed by atoms with E-state index in [1.54, 1.807) is 14.2 Å². The van der Waals surface area contributed by atoms with Crippen molar-refractivity contribution in [3.8, 4) is 0 Å². The molecule has 0 aromatic heterocycles. The van der Waals surface area contributed by atoms with Crippen molar-refractivity contribution in [2.75, 3.05) is 33.9 Å². The summed E-state index contributed by atoms with van der Waals surface area (Å²) in [5.41, 5.74) is 5.96. The summed E-state index contributed by atoms with van der Waals surface area (Å²) in [6.45, 7) is 2.56. The average molecular weight is 230 g/mol. The van der Waals surface area contributed by atoms with Crippen LogP contribution >= 0.6 is 0 Å². The third-order valence-electron chi connectivity index (χ3n) is 3.31. The molecule has 0 bridgehead atoms. The van der Waals surface area contributed by atoms with Crippen LogP contribution in [0.25, 0.3) is 0 Å². The second kappa shape index (κ2) is 8.01. The molecular formula is C12H26N2O2. The van der Waals surface area contributed by atoms with E-state index in [-0.39, 0.29) is 6.10 Å². The molecule has 16 heavy (non-hydrogen) atoms. The lowest BCUT2D eigenvalue weighted by Crippen LogP contribution is -2.37. The smallest absolute Gasteiger partial charge is 0.0928 e. The molecule has 3 atom stereocenters. The Balaban J connectivity index is 2.09. The van der Waals surface area contributed by atoms with Crippen LogP contribution in [0.1, 0.15) is 25.7 Å². The van der Waals surface area contributed by atoms with Gasteiger partial charge in [-0.25, -0.2) is 0 Å².